The van der Waals surface area contributed by atoms with Crippen LogP contribution in [0.2, 0.25) is 0 Å². The number of amides is 3. The van der Waals surface area contributed by atoms with Gasteiger partial charge in [-0.2, -0.15) is 0 Å². The van der Waals surface area contributed by atoms with Gasteiger partial charge in [0.15, 0.2) is 5.60 Å². The van der Waals surface area contributed by atoms with E-state index in [1.165, 1.54) is 9.80 Å². The molecule has 4 heterocycles. The first-order valence-electron chi connectivity index (χ1n) is 13.4. The molecule has 0 unspecified atom stereocenters. The van der Waals surface area contributed by atoms with Gasteiger partial charge in [0, 0.05) is 45.8 Å². The summed E-state index contributed by atoms with van der Waals surface area (Å²) in [5.41, 5.74) is 0.560. The molecule has 2 aromatic carbocycles. The molecule has 0 spiro atoms. The number of carbonyl (C=O) groups is 3. The Kier molecular flexibility index (Phi) is 5.51. The molecule has 6 rings (SSSR count). The number of piperazine rings is 1. The Labute approximate surface area is 232 Å². The number of hydrogen-bond donors (Lipinski definition) is 3. The SMILES string of the molecule is C=CC(C)(C)N1C(=O)[C@@](O)(C[C@@H]2NC(=O)/C3=C/c4c([nH]c5ccccc45)C(C)(C)/C=C\N3C2=O)c2ccccc21. The Morgan fingerprint density at radius 2 is 1.77 bits per heavy atom. The maximum atomic E-state index is 13.9. The van der Waals surface area contributed by atoms with Crippen LogP contribution in [0.15, 0.2) is 79.2 Å². The highest BCUT2D eigenvalue weighted by Crippen LogP contribution is 2.47. The third-order valence-electron chi connectivity index (χ3n) is 8.37. The summed E-state index contributed by atoms with van der Waals surface area (Å²) in [4.78, 5) is 47.6. The van der Waals surface area contributed by atoms with Crippen LogP contribution in [0.25, 0.3) is 17.0 Å². The zero-order valence-corrected chi connectivity index (χ0v) is 23.0. The maximum Gasteiger partial charge on any atom is 0.269 e. The number of aromatic nitrogens is 1. The molecule has 2 atom stereocenters. The van der Waals surface area contributed by atoms with Gasteiger partial charge in [-0.1, -0.05) is 62.4 Å². The molecule has 1 aromatic heterocycles. The normalized spacial score (nSPS) is 25.8. The van der Waals surface area contributed by atoms with Gasteiger partial charge in [-0.3, -0.25) is 19.3 Å². The molecule has 3 aromatic rings. The molecule has 8 nitrogen and oxygen atoms in total. The predicted octanol–water partition coefficient (Wildman–Crippen LogP) is 4.23. The molecule has 0 aliphatic carbocycles. The van der Waals surface area contributed by atoms with Crippen molar-refractivity contribution in [1.82, 2.24) is 15.2 Å². The van der Waals surface area contributed by atoms with E-state index in [0.29, 0.717) is 11.3 Å². The number of carbonyl (C=O) groups excluding carboxylic acids is 3. The highest BCUT2D eigenvalue weighted by molar-refractivity contribution is 6.11. The van der Waals surface area contributed by atoms with E-state index < -0.39 is 40.3 Å². The minimum absolute atomic E-state index is 0.179. The zero-order valence-electron chi connectivity index (χ0n) is 23.0. The summed E-state index contributed by atoms with van der Waals surface area (Å²) in [7, 11) is 0. The van der Waals surface area contributed by atoms with E-state index in [4.69, 9.17) is 0 Å². The molecule has 204 valence electrons. The van der Waals surface area contributed by atoms with Crippen molar-refractivity contribution in [3.05, 3.63) is 96.0 Å². The van der Waals surface area contributed by atoms with Crippen molar-refractivity contribution < 1.29 is 19.5 Å². The maximum absolute atomic E-state index is 13.9. The van der Waals surface area contributed by atoms with E-state index in [2.05, 4.69) is 16.9 Å². The number of nitrogens with one attached hydrogen (secondary N) is 2. The van der Waals surface area contributed by atoms with E-state index in [1.54, 1.807) is 42.6 Å². The van der Waals surface area contributed by atoms with Crippen LogP contribution in [0.3, 0.4) is 0 Å². The van der Waals surface area contributed by atoms with E-state index in [-0.39, 0.29) is 12.1 Å². The van der Waals surface area contributed by atoms with Gasteiger partial charge in [0.25, 0.3) is 17.7 Å². The van der Waals surface area contributed by atoms with Crippen LogP contribution in [0.1, 0.15) is 50.9 Å². The van der Waals surface area contributed by atoms with E-state index in [0.717, 1.165) is 22.2 Å². The van der Waals surface area contributed by atoms with Crippen LogP contribution < -0.4 is 10.2 Å². The van der Waals surface area contributed by atoms with E-state index >= 15 is 0 Å². The summed E-state index contributed by atoms with van der Waals surface area (Å²) in [6, 6.07) is 13.7. The minimum atomic E-state index is -2.01. The van der Waals surface area contributed by atoms with E-state index in [1.807, 2.05) is 58.0 Å². The number of allylic oxidation sites excluding steroid dienone is 1. The summed E-state index contributed by atoms with van der Waals surface area (Å²) in [6.07, 6.45) is 6.58. The molecule has 0 radical (unpaired) electrons. The second-order valence-electron chi connectivity index (χ2n) is 11.8. The van der Waals surface area contributed by atoms with Crippen LogP contribution in [-0.4, -0.2) is 44.3 Å². The Morgan fingerprint density at radius 3 is 2.52 bits per heavy atom. The number of rotatable bonds is 4. The monoisotopic (exact) mass is 536 g/mol. The van der Waals surface area contributed by atoms with Crippen LogP contribution in [-0.2, 0) is 25.4 Å². The molecule has 40 heavy (non-hydrogen) atoms. The fraction of sp³-hybridized carbons (Fsp3) is 0.281. The second-order valence-corrected chi connectivity index (χ2v) is 11.8. The molecule has 3 amide bonds. The van der Waals surface area contributed by atoms with Gasteiger partial charge in [-0.05, 0) is 32.1 Å². The topological polar surface area (TPSA) is 106 Å². The summed E-state index contributed by atoms with van der Waals surface area (Å²) < 4.78 is 0. The number of fused-ring (bicyclic) bond motifs is 5. The third kappa shape index (κ3) is 3.59. The highest BCUT2D eigenvalue weighted by atomic mass is 16.3. The van der Waals surface area contributed by atoms with Gasteiger partial charge in [-0.25, -0.2) is 0 Å². The summed E-state index contributed by atoms with van der Waals surface area (Å²) in [5, 5.41) is 15.6. The predicted molar refractivity (Wildman–Crippen MR) is 154 cm³/mol. The number of para-hydroxylation sites is 2. The van der Waals surface area contributed by atoms with Crippen molar-refractivity contribution in [2.24, 2.45) is 0 Å². The van der Waals surface area contributed by atoms with Crippen molar-refractivity contribution in [1.29, 1.82) is 0 Å². The lowest BCUT2D eigenvalue weighted by Crippen LogP contribution is -2.58. The fourth-order valence-corrected chi connectivity index (χ4v) is 6.00. The van der Waals surface area contributed by atoms with Crippen molar-refractivity contribution in [2.75, 3.05) is 4.90 Å². The largest absolute Gasteiger partial charge is 0.375 e. The van der Waals surface area contributed by atoms with Gasteiger partial charge in [0.1, 0.15) is 11.7 Å². The second kappa shape index (κ2) is 8.53. The van der Waals surface area contributed by atoms with Crippen molar-refractivity contribution in [2.45, 2.75) is 56.7 Å². The first-order valence-corrected chi connectivity index (χ1v) is 13.4. The molecule has 1 fully saturated rings. The molecule has 1 saturated heterocycles. The standard InChI is InChI=1S/C32H32N4O4/c1-6-31(4,5)36-24-14-10-8-12-21(24)32(40,29(36)39)18-23-28(38)35-16-15-30(2,3)26-20(17-25(35)27(37)34-23)19-11-7-9-13-22(19)33-26/h6-17,23,33,40H,1,18H2,2-5H3,(H,34,37)/b16-15-,25-17-/t23-,32+/m0/s1. The number of nitrogens with zero attached hydrogens (tertiary/aromatic N) is 2. The molecule has 3 aliphatic heterocycles. The van der Waals surface area contributed by atoms with Crippen LogP contribution >= 0.6 is 0 Å². The Hall–Kier alpha value is -4.43. The summed E-state index contributed by atoms with van der Waals surface area (Å²) >= 11 is 0. The number of aliphatic hydroxyl groups is 1. The van der Waals surface area contributed by atoms with Crippen LogP contribution in [0, 0.1) is 0 Å². The van der Waals surface area contributed by atoms with Crippen LogP contribution in [0.5, 0.6) is 0 Å². The van der Waals surface area contributed by atoms with Crippen molar-refractivity contribution in [3.8, 4) is 0 Å². The van der Waals surface area contributed by atoms with Crippen LogP contribution in [0.4, 0.5) is 5.69 Å². The van der Waals surface area contributed by atoms with Gasteiger partial charge in [0.2, 0.25) is 0 Å². The number of H-pyrrole nitrogens is 1. The smallest absolute Gasteiger partial charge is 0.269 e. The van der Waals surface area contributed by atoms with Gasteiger partial charge >= 0.3 is 0 Å². The van der Waals surface area contributed by atoms with Crippen molar-refractivity contribution >= 4 is 40.4 Å². The lowest BCUT2D eigenvalue weighted by Gasteiger charge is -2.37. The van der Waals surface area contributed by atoms with Gasteiger partial charge in [0.05, 0.1) is 11.2 Å². The van der Waals surface area contributed by atoms with Gasteiger partial charge < -0.3 is 20.3 Å². The highest BCUT2D eigenvalue weighted by Gasteiger charge is 2.55. The van der Waals surface area contributed by atoms with Gasteiger partial charge in [-0.15, -0.1) is 6.58 Å². The molecular formula is C32H32N4O4. The Bertz CT molecular complexity index is 1680. The summed E-state index contributed by atoms with van der Waals surface area (Å²) in [5.74, 6) is -1.45. The van der Waals surface area contributed by atoms with Crippen molar-refractivity contribution in [3.63, 3.8) is 0 Å². The average molecular weight is 537 g/mol. The molecule has 3 aliphatic rings. The molecule has 0 saturated carbocycles. The fourth-order valence-electron chi connectivity index (χ4n) is 6.00. The molecule has 3 N–H and O–H groups in total. The quantitative estimate of drug-likeness (QED) is 0.434. The summed E-state index contributed by atoms with van der Waals surface area (Å²) in [6.45, 7) is 11.6. The lowest BCUT2D eigenvalue weighted by molar-refractivity contribution is -0.145. The average Bonchev–Trinajstić information content (AvgIpc) is 3.39. The first kappa shape index (κ1) is 25.8. The third-order valence-corrected chi connectivity index (χ3v) is 8.37. The first-order chi connectivity index (χ1) is 18.9. The number of benzene rings is 2. The number of hydrogen-bond acceptors (Lipinski definition) is 4. The van der Waals surface area contributed by atoms with E-state index in [9.17, 15) is 19.5 Å². The number of aromatic amines is 1. The lowest BCUT2D eigenvalue weighted by atomic mass is 9.84. The Morgan fingerprint density at radius 1 is 1.07 bits per heavy atom. The minimum Gasteiger partial charge on any atom is -0.375 e. The molecular weight excluding hydrogens is 504 g/mol. The number of anilines is 1. The molecule has 0 bridgehead atoms. The Balaban J connectivity index is 1.41. The zero-order chi connectivity index (χ0) is 28.6. The molecule has 8 heteroatoms.